The number of hydrogen-bond donors (Lipinski definition) is 1. The van der Waals surface area contributed by atoms with Gasteiger partial charge in [0.25, 0.3) is 11.5 Å². The van der Waals surface area contributed by atoms with Crippen LogP contribution in [0.25, 0.3) is 10.9 Å². The Labute approximate surface area is 153 Å². The maximum Gasteiger partial charge on any atom is 0.262 e. The molecular formula is C19H27N3O2S. The van der Waals surface area contributed by atoms with E-state index >= 15 is 0 Å². The number of fused-ring (bicyclic) bond motifs is 1. The zero-order valence-electron chi connectivity index (χ0n) is 15.5. The zero-order valence-corrected chi connectivity index (χ0v) is 16.3. The second-order valence-electron chi connectivity index (χ2n) is 6.74. The van der Waals surface area contributed by atoms with Crippen LogP contribution in [-0.2, 0) is 6.54 Å². The van der Waals surface area contributed by atoms with Crippen molar-refractivity contribution in [2.24, 2.45) is 5.92 Å². The van der Waals surface area contributed by atoms with Crippen molar-refractivity contribution >= 4 is 29.0 Å². The quantitative estimate of drug-likeness (QED) is 0.759. The van der Waals surface area contributed by atoms with Crippen LogP contribution in [0.4, 0.5) is 0 Å². The molecule has 2 aromatic rings. The number of aromatic amines is 1. The number of rotatable bonds is 7. The Hall–Kier alpha value is -1.95. The lowest BCUT2D eigenvalue weighted by Gasteiger charge is -2.21. The lowest BCUT2D eigenvalue weighted by atomic mass is 10.1. The first-order valence-electron chi connectivity index (χ1n) is 8.95. The Morgan fingerprint density at radius 3 is 2.64 bits per heavy atom. The van der Waals surface area contributed by atoms with Gasteiger partial charge in [0.2, 0.25) is 0 Å². The number of nitrogens with zero attached hydrogens (tertiary/aromatic N) is 2. The van der Waals surface area contributed by atoms with Crippen molar-refractivity contribution in [2.75, 3.05) is 13.1 Å². The van der Waals surface area contributed by atoms with Crippen LogP contribution in [0.2, 0.25) is 0 Å². The van der Waals surface area contributed by atoms with Gasteiger partial charge in [0.15, 0.2) is 4.77 Å². The number of carbonyl (C=O) groups is 1. The highest BCUT2D eigenvalue weighted by Crippen LogP contribution is 2.14. The molecule has 6 heteroatoms. The molecule has 0 saturated heterocycles. The molecule has 2 rings (SSSR count). The molecule has 1 aromatic heterocycles. The molecule has 0 fully saturated rings. The van der Waals surface area contributed by atoms with Gasteiger partial charge in [0.1, 0.15) is 0 Å². The van der Waals surface area contributed by atoms with E-state index < -0.39 is 0 Å². The molecule has 0 spiro atoms. The molecule has 0 unspecified atom stereocenters. The first-order chi connectivity index (χ1) is 11.9. The van der Waals surface area contributed by atoms with Gasteiger partial charge in [-0.3, -0.25) is 14.2 Å². The Bertz CT molecular complexity index is 867. The minimum absolute atomic E-state index is 0.0106. The minimum atomic E-state index is -0.107. The molecule has 1 aromatic carbocycles. The topological polar surface area (TPSA) is 58.1 Å². The van der Waals surface area contributed by atoms with Crippen molar-refractivity contribution in [2.45, 2.75) is 47.1 Å². The number of aromatic nitrogens is 2. The number of nitrogens with one attached hydrogen (secondary N) is 1. The predicted molar refractivity (Wildman–Crippen MR) is 105 cm³/mol. The molecule has 0 atom stereocenters. The summed E-state index contributed by atoms with van der Waals surface area (Å²) in [5.74, 6) is 0.311. The van der Waals surface area contributed by atoms with Crippen LogP contribution in [0.5, 0.6) is 0 Å². The summed E-state index contributed by atoms with van der Waals surface area (Å²) in [4.78, 5) is 30.3. The molecule has 0 aliphatic rings. The van der Waals surface area contributed by atoms with Crippen LogP contribution in [0.3, 0.4) is 0 Å². The number of unbranched alkanes of at least 4 members (excludes halogenated alkanes) is 1. The van der Waals surface area contributed by atoms with Gasteiger partial charge in [0.05, 0.1) is 10.9 Å². The van der Waals surface area contributed by atoms with E-state index in [9.17, 15) is 9.59 Å². The summed E-state index contributed by atoms with van der Waals surface area (Å²) < 4.78 is 1.98. The van der Waals surface area contributed by atoms with Crippen LogP contribution in [-0.4, -0.2) is 33.4 Å². The van der Waals surface area contributed by atoms with Crippen molar-refractivity contribution in [3.63, 3.8) is 0 Å². The predicted octanol–water partition coefficient (Wildman–Crippen LogP) is 3.98. The third-order valence-corrected chi connectivity index (χ3v) is 4.55. The highest BCUT2D eigenvalue weighted by Gasteiger charge is 2.15. The number of hydrogen-bond acceptors (Lipinski definition) is 3. The van der Waals surface area contributed by atoms with Gasteiger partial charge in [-0.25, -0.2) is 0 Å². The van der Waals surface area contributed by atoms with E-state index in [2.05, 4.69) is 11.9 Å². The summed E-state index contributed by atoms with van der Waals surface area (Å²) in [6, 6.07) is 5.20. The summed E-state index contributed by atoms with van der Waals surface area (Å²) in [7, 11) is 0. The molecule has 1 amide bonds. The number of H-pyrrole nitrogens is 1. The van der Waals surface area contributed by atoms with Crippen LogP contribution in [0, 0.1) is 10.7 Å². The van der Waals surface area contributed by atoms with Crippen LogP contribution in [0.1, 0.15) is 50.9 Å². The largest absolute Gasteiger partial charge is 0.339 e. The summed E-state index contributed by atoms with van der Waals surface area (Å²) in [5.41, 5.74) is 1.09. The third kappa shape index (κ3) is 4.37. The van der Waals surface area contributed by atoms with Gasteiger partial charge in [-0.05, 0) is 49.7 Å². The lowest BCUT2D eigenvalue weighted by Crippen LogP contribution is -2.32. The van der Waals surface area contributed by atoms with Crippen LogP contribution >= 0.6 is 12.2 Å². The normalized spacial score (nSPS) is 11.2. The molecule has 136 valence electrons. The molecule has 0 radical (unpaired) electrons. The van der Waals surface area contributed by atoms with E-state index in [4.69, 9.17) is 12.2 Å². The minimum Gasteiger partial charge on any atom is -0.339 e. The fraction of sp³-hybridized carbons (Fsp3) is 0.526. The van der Waals surface area contributed by atoms with Crippen LogP contribution < -0.4 is 5.56 Å². The highest BCUT2D eigenvalue weighted by atomic mass is 32.1. The van der Waals surface area contributed by atoms with E-state index in [-0.39, 0.29) is 11.5 Å². The summed E-state index contributed by atoms with van der Waals surface area (Å²) in [6.07, 6.45) is 2.03. The Morgan fingerprint density at radius 1 is 1.32 bits per heavy atom. The van der Waals surface area contributed by atoms with E-state index in [1.165, 1.54) is 0 Å². The Kier molecular flexibility index (Phi) is 6.53. The summed E-state index contributed by atoms with van der Waals surface area (Å²) in [5, 5.41) is 0.558. The number of carbonyl (C=O) groups excluding carboxylic acids is 1. The second kappa shape index (κ2) is 8.43. The van der Waals surface area contributed by atoms with Crippen molar-refractivity contribution in [3.05, 3.63) is 38.9 Å². The van der Waals surface area contributed by atoms with Gasteiger partial charge in [0, 0.05) is 25.2 Å². The zero-order chi connectivity index (χ0) is 18.6. The van der Waals surface area contributed by atoms with Crippen molar-refractivity contribution < 1.29 is 4.79 Å². The summed E-state index contributed by atoms with van der Waals surface area (Å²) in [6.45, 7) is 10.2. The van der Waals surface area contributed by atoms with Crippen molar-refractivity contribution in [1.29, 1.82) is 0 Å². The second-order valence-corrected chi connectivity index (χ2v) is 7.13. The molecule has 5 nitrogen and oxygen atoms in total. The van der Waals surface area contributed by atoms with E-state index in [1.807, 2.05) is 25.7 Å². The first kappa shape index (κ1) is 19.4. The maximum atomic E-state index is 12.7. The maximum absolute atomic E-state index is 12.7. The SMILES string of the molecule is CCCCN(CC)C(=O)c1ccc2c(=O)n(CC(C)C)c(=S)[nH]c2c1. The van der Waals surface area contributed by atoms with Crippen molar-refractivity contribution in [3.8, 4) is 0 Å². The Balaban J connectivity index is 2.45. The highest BCUT2D eigenvalue weighted by molar-refractivity contribution is 7.71. The van der Waals surface area contributed by atoms with Gasteiger partial charge in [-0.15, -0.1) is 0 Å². The third-order valence-electron chi connectivity index (χ3n) is 4.23. The van der Waals surface area contributed by atoms with Gasteiger partial charge in [-0.1, -0.05) is 27.2 Å². The van der Waals surface area contributed by atoms with Crippen molar-refractivity contribution in [1.82, 2.24) is 14.5 Å². The van der Waals surface area contributed by atoms with Gasteiger partial charge >= 0.3 is 0 Å². The molecule has 0 aliphatic carbocycles. The molecular weight excluding hydrogens is 334 g/mol. The standard InChI is InChI=1S/C19H27N3O2S/c1-5-7-10-21(6-2)17(23)14-8-9-15-16(11-14)20-19(25)22(18(15)24)12-13(3)4/h8-9,11,13H,5-7,10,12H2,1-4H3,(H,20,25). The smallest absolute Gasteiger partial charge is 0.262 e. The van der Waals surface area contributed by atoms with Crippen LogP contribution in [0.15, 0.2) is 23.0 Å². The Morgan fingerprint density at radius 2 is 2.04 bits per heavy atom. The van der Waals surface area contributed by atoms with Gasteiger partial charge in [-0.2, -0.15) is 0 Å². The molecule has 25 heavy (non-hydrogen) atoms. The van der Waals surface area contributed by atoms with E-state index in [0.29, 0.717) is 40.2 Å². The fourth-order valence-electron chi connectivity index (χ4n) is 2.85. The fourth-order valence-corrected chi connectivity index (χ4v) is 3.12. The summed E-state index contributed by atoms with van der Waals surface area (Å²) >= 11 is 5.34. The monoisotopic (exact) mass is 361 g/mol. The molecule has 0 aliphatic heterocycles. The average molecular weight is 362 g/mol. The molecule has 1 heterocycles. The number of amides is 1. The van der Waals surface area contributed by atoms with E-state index in [0.717, 1.165) is 19.4 Å². The van der Waals surface area contributed by atoms with E-state index in [1.54, 1.807) is 22.8 Å². The van der Waals surface area contributed by atoms with Gasteiger partial charge < -0.3 is 9.88 Å². The molecule has 1 N–H and O–H groups in total. The molecule has 0 saturated carbocycles. The first-order valence-corrected chi connectivity index (χ1v) is 9.36. The molecule has 0 bridgehead atoms. The number of benzene rings is 1. The average Bonchev–Trinajstić information content (AvgIpc) is 2.58. The lowest BCUT2D eigenvalue weighted by molar-refractivity contribution is 0.0762.